The summed E-state index contributed by atoms with van der Waals surface area (Å²) in [7, 11) is -0.729. The molecular weight excluding hydrogens is 482 g/mol. The van der Waals surface area contributed by atoms with Crippen LogP contribution in [0, 0.1) is 0 Å². The zero-order valence-corrected chi connectivity index (χ0v) is 22.5. The Hall–Kier alpha value is -3.27. The number of carbonyl (C=O) groups excluding carboxylic acids is 2. The lowest BCUT2D eigenvalue weighted by atomic mass is 10.1. The van der Waals surface area contributed by atoms with Gasteiger partial charge in [-0.1, -0.05) is 32.4 Å². The third-order valence-corrected chi connectivity index (χ3v) is 6.88. The average molecular weight is 520 g/mol. The van der Waals surface area contributed by atoms with Crippen LogP contribution in [-0.2, 0) is 26.2 Å². The molecule has 0 aliphatic carbocycles. The standard InChI is InChI=1S/C26H37N3O6S/c1-6-8-16-27-26(31)24(7-2)28(18-20-10-9-11-23(17-20)35-4)25(30)19-29(36(5,32)33)21-12-14-22(34-3)15-13-21/h9-15,17,24H,6-8,16,18-19H2,1-5H3,(H,27,31)/t24-/m1/s1. The van der Waals surface area contributed by atoms with E-state index in [0.29, 0.717) is 30.2 Å². The van der Waals surface area contributed by atoms with Crippen molar-refractivity contribution in [1.29, 1.82) is 0 Å². The van der Waals surface area contributed by atoms with Crippen LogP contribution in [0.5, 0.6) is 11.5 Å². The molecule has 0 saturated heterocycles. The van der Waals surface area contributed by atoms with Gasteiger partial charge in [0, 0.05) is 13.1 Å². The van der Waals surface area contributed by atoms with Gasteiger partial charge >= 0.3 is 0 Å². The Morgan fingerprint density at radius 3 is 2.22 bits per heavy atom. The topological polar surface area (TPSA) is 105 Å². The van der Waals surface area contributed by atoms with Gasteiger partial charge in [-0.15, -0.1) is 0 Å². The minimum Gasteiger partial charge on any atom is -0.497 e. The van der Waals surface area contributed by atoms with Crippen LogP contribution in [-0.4, -0.2) is 64.7 Å². The first-order valence-electron chi connectivity index (χ1n) is 12.0. The van der Waals surface area contributed by atoms with Gasteiger partial charge in [0.05, 0.1) is 26.2 Å². The van der Waals surface area contributed by atoms with E-state index in [9.17, 15) is 18.0 Å². The van der Waals surface area contributed by atoms with Crippen LogP contribution in [0.2, 0.25) is 0 Å². The molecule has 0 unspecified atom stereocenters. The highest BCUT2D eigenvalue weighted by Crippen LogP contribution is 2.23. The Bertz CT molecular complexity index is 1100. The van der Waals surface area contributed by atoms with Crippen LogP contribution >= 0.6 is 0 Å². The third kappa shape index (κ3) is 8.15. The molecule has 0 radical (unpaired) electrons. The molecule has 0 aliphatic rings. The van der Waals surface area contributed by atoms with Crippen molar-refractivity contribution in [2.45, 2.75) is 45.7 Å². The highest BCUT2D eigenvalue weighted by molar-refractivity contribution is 7.92. The maximum Gasteiger partial charge on any atom is 0.244 e. The zero-order chi connectivity index (χ0) is 26.7. The van der Waals surface area contributed by atoms with Crippen LogP contribution in [0.3, 0.4) is 0 Å². The fourth-order valence-electron chi connectivity index (χ4n) is 3.76. The number of amides is 2. The van der Waals surface area contributed by atoms with E-state index in [2.05, 4.69) is 5.32 Å². The third-order valence-electron chi connectivity index (χ3n) is 5.74. The molecule has 0 aliphatic heterocycles. The number of sulfonamides is 1. The lowest BCUT2D eigenvalue weighted by molar-refractivity contribution is -0.140. The van der Waals surface area contributed by atoms with E-state index >= 15 is 0 Å². The summed E-state index contributed by atoms with van der Waals surface area (Å²) in [6, 6.07) is 12.9. The van der Waals surface area contributed by atoms with Gasteiger partial charge in [-0.2, -0.15) is 0 Å². The molecule has 0 bridgehead atoms. The second-order valence-electron chi connectivity index (χ2n) is 8.41. The van der Waals surface area contributed by atoms with Gasteiger partial charge < -0.3 is 19.7 Å². The van der Waals surface area contributed by atoms with E-state index in [1.807, 2.05) is 19.9 Å². The maximum absolute atomic E-state index is 13.7. The van der Waals surface area contributed by atoms with Crippen molar-refractivity contribution in [2.24, 2.45) is 0 Å². The molecule has 1 N–H and O–H groups in total. The molecule has 0 spiro atoms. The summed E-state index contributed by atoms with van der Waals surface area (Å²) in [5, 5.41) is 2.90. The molecule has 10 heteroatoms. The number of hydrogen-bond donors (Lipinski definition) is 1. The molecule has 0 aromatic heterocycles. The summed E-state index contributed by atoms with van der Waals surface area (Å²) in [5.74, 6) is 0.429. The molecule has 2 amide bonds. The van der Waals surface area contributed by atoms with Crippen molar-refractivity contribution >= 4 is 27.5 Å². The Morgan fingerprint density at radius 1 is 1.00 bits per heavy atom. The van der Waals surface area contributed by atoms with Gasteiger partial charge in [0.1, 0.15) is 24.1 Å². The van der Waals surface area contributed by atoms with Crippen LogP contribution < -0.4 is 19.1 Å². The number of ether oxygens (including phenoxy) is 2. The molecule has 36 heavy (non-hydrogen) atoms. The highest BCUT2D eigenvalue weighted by Gasteiger charge is 2.31. The van der Waals surface area contributed by atoms with Crippen LogP contribution in [0.25, 0.3) is 0 Å². The van der Waals surface area contributed by atoms with E-state index in [4.69, 9.17) is 9.47 Å². The van der Waals surface area contributed by atoms with Gasteiger partial charge in [-0.3, -0.25) is 13.9 Å². The largest absolute Gasteiger partial charge is 0.497 e. The summed E-state index contributed by atoms with van der Waals surface area (Å²) in [4.78, 5) is 28.2. The number of carbonyl (C=O) groups is 2. The fraction of sp³-hybridized carbons (Fsp3) is 0.462. The van der Waals surface area contributed by atoms with Crippen LogP contribution in [0.15, 0.2) is 48.5 Å². The molecule has 0 heterocycles. The molecule has 2 rings (SSSR count). The first-order chi connectivity index (χ1) is 17.1. The van der Waals surface area contributed by atoms with Gasteiger partial charge in [0.2, 0.25) is 21.8 Å². The lowest BCUT2D eigenvalue weighted by Gasteiger charge is -2.33. The fourth-order valence-corrected chi connectivity index (χ4v) is 4.60. The molecule has 1 atom stereocenters. The Kier molecular flexibility index (Phi) is 11.0. The number of anilines is 1. The van der Waals surface area contributed by atoms with E-state index in [1.165, 1.54) is 12.0 Å². The van der Waals surface area contributed by atoms with Gasteiger partial charge in [-0.25, -0.2) is 8.42 Å². The lowest BCUT2D eigenvalue weighted by Crippen LogP contribution is -2.52. The quantitative estimate of drug-likeness (QED) is 0.385. The summed E-state index contributed by atoms with van der Waals surface area (Å²) < 4.78 is 36.8. The van der Waals surface area contributed by atoms with Crippen molar-refractivity contribution < 1.29 is 27.5 Å². The first kappa shape index (κ1) is 29.0. The summed E-state index contributed by atoms with van der Waals surface area (Å²) in [6.45, 7) is 4.03. The Labute approximate surface area is 214 Å². The summed E-state index contributed by atoms with van der Waals surface area (Å²) in [6.07, 6.45) is 3.17. The number of methoxy groups -OCH3 is 2. The van der Waals surface area contributed by atoms with Gasteiger partial charge in [0.15, 0.2) is 0 Å². The van der Waals surface area contributed by atoms with Crippen molar-refractivity contribution in [3.63, 3.8) is 0 Å². The number of benzene rings is 2. The highest BCUT2D eigenvalue weighted by atomic mass is 32.2. The average Bonchev–Trinajstić information content (AvgIpc) is 2.86. The molecule has 0 fully saturated rings. The minimum atomic E-state index is -3.80. The van der Waals surface area contributed by atoms with Crippen molar-refractivity contribution in [3.05, 3.63) is 54.1 Å². The predicted octanol–water partition coefficient (Wildman–Crippen LogP) is 3.19. The second kappa shape index (κ2) is 13.7. The molecule has 9 nitrogen and oxygen atoms in total. The first-order valence-corrected chi connectivity index (χ1v) is 13.8. The minimum absolute atomic E-state index is 0.121. The normalized spacial score (nSPS) is 11.9. The Morgan fingerprint density at radius 2 is 1.67 bits per heavy atom. The van der Waals surface area contributed by atoms with E-state index in [0.717, 1.165) is 29.0 Å². The number of rotatable bonds is 14. The SMILES string of the molecule is CCCCNC(=O)[C@@H](CC)N(Cc1cccc(OC)c1)C(=O)CN(c1ccc(OC)cc1)S(C)(=O)=O. The molecule has 198 valence electrons. The monoisotopic (exact) mass is 519 g/mol. The smallest absolute Gasteiger partial charge is 0.244 e. The summed E-state index contributed by atoms with van der Waals surface area (Å²) in [5.41, 5.74) is 1.09. The van der Waals surface area contributed by atoms with E-state index < -0.39 is 28.5 Å². The number of unbranched alkanes of at least 4 members (excludes halogenated alkanes) is 1. The van der Waals surface area contributed by atoms with Crippen LogP contribution in [0.1, 0.15) is 38.7 Å². The van der Waals surface area contributed by atoms with Crippen LogP contribution in [0.4, 0.5) is 5.69 Å². The molecule has 2 aromatic rings. The van der Waals surface area contributed by atoms with E-state index in [1.54, 1.807) is 49.6 Å². The van der Waals surface area contributed by atoms with Crippen molar-refractivity contribution in [1.82, 2.24) is 10.2 Å². The number of nitrogens with zero attached hydrogens (tertiary/aromatic N) is 2. The second-order valence-corrected chi connectivity index (χ2v) is 10.3. The maximum atomic E-state index is 13.7. The Balaban J connectivity index is 2.41. The molecular formula is C26H37N3O6S. The van der Waals surface area contributed by atoms with E-state index in [-0.39, 0.29) is 12.5 Å². The number of nitrogens with one attached hydrogen (secondary N) is 1. The molecule has 2 aromatic carbocycles. The van der Waals surface area contributed by atoms with Crippen molar-refractivity contribution in [2.75, 3.05) is 37.9 Å². The number of hydrogen-bond acceptors (Lipinski definition) is 6. The zero-order valence-electron chi connectivity index (χ0n) is 21.7. The van der Waals surface area contributed by atoms with Gasteiger partial charge in [-0.05, 0) is 54.8 Å². The van der Waals surface area contributed by atoms with Gasteiger partial charge in [0.25, 0.3) is 0 Å². The van der Waals surface area contributed by atoms with Crippen molar-refractivity contribution in [3.8, 4) is 11.5 Å². The summed E-state index contributed by atoms with van der Waals surface area (Å²) >= 11 is 0. The molecule has 0 saturated carbocycles. The predicted molar refractivity (Wildman–Crippen MR) is 141 cm³/mol.